The van der Waals surface area contributed by atoms with E-state index in [2.05, 4.69) is 27.7 Å². The molecule has 5 heterocycles. The highest BCUT2D eigenvalue weighted by Crippen LogP contribution is 2.42. The van der Waals surface area contributed by atoms with E-state index in [9.17, 15) is 4.79 Å². The summed E-state index contributed by atoms with van der Waals surface area (Å²) in [4.78, 5) is 22.2. The molecule has 0 radical (unpaired) electrons. The SMILES string of the molecule is Cn1cc2c(n1)C(=O)NCCCn1cc(c(C3CC3)n1)C1=NCc3ncc-2cc31. The van der Waals surface area contributed by atoms with E-state index in [-0.39, 0.29) is 5.91 Å². The molecule has 1 N–H and O–H groups in total. The fourth-order valence-corrected chi connectivity index (χ4v) is 4.23. The summed E-state index contributed by atoms with van der Waals surface area (Å²) in [6.45, 7) is 1.92. The molecule has 0 aromatic carbocycles. The lowest BCUT2D eigenvalue weighted by Crippen LogP contribution is -2.26. The van der Waals surface area contributed by atoms with Crippen molar-refractivity contribution >= 4 is 11.6 Å². The Morgan fingerprint density at radius 3 is 2.90 bits per heavy atom. The van der Waals surface area contributed by atoms with Crippen LogP contribution < -0.4 is 5.32 Å². The third-order valence-electron chi connectivity index (χ3n) is 5.83. The smallest absolute Gasteiger partial charge is 0.272 e. The van der Waals surface area contributed by atoms with Gasteiger partial charge in [-0.25, -0.2) is 0 Å². The van der Waals surface area contributed by atoms with Crippen molar-refractivity contribution in [1.82, 2.24) is 29.9 Å². The minimum atomic E-state index is -0.160. The summed E-state index contributed by atoms with van der Waals surface area (Å²) >= 11 is 0. The molecule has 29 heavy (non-hydrogen) atoms. The zero-order valence-corrected chi connectivity index (χ0v) is 16.2. The van der Waals surface area contributed by atoms with E-state index in [4.69, 9.17) is 10.1 Å². The number of aliphatic imine (C=N–C) groups is 1. The Bertz CT molecular complexity index is 1180. The number of hydrogen-bond acceptors (Lipinski definition) is 5. The van der Waals surface area contributed by atoms with E-state index in [1.165, 1.54) is 12.8 Å². The summed E-state index contributed by atoms with van der Waals surface area (Å²) in [5.74, 6) is 0.376. The first-order chi connectivity index (χ1) is 14.2. The number of nitrogens with one attached hydrogen (secondary N) is 1. The topological polar surface area (TPSA) is 90.0 Å². The minimum Gasteiger partial charge on any atom is -0.351 e. The maximum absolute atomic E-state index is 12.8. The largest absolute Gasteiger partial charge is 0.351 e. The molecule has 8 heteroatoms. The first-order valence-corrected chi connectivity index (χ1v) is 10.1. The van der Waals surface area contributed by atoms with E-state index < -0.39 is 0 Å². The minimum absolute atomic E-state index is 0.160. The van der Waals surface area contributed by atoms with Crippen molar-refractivity contribution in [3.8, 4) is 11.1 Å². The Morgan fingerprint density at radius 1 is 1.14 bits per heavy atom. The van der Waals surface area contributed by atoms with Crippen molar-refractivity contribution in [2.24, 2.45) is 12.0 Å². The molecule has 3 aliphatic rings. The van der Waals surface area contributed by atoms with Crippen LogP contribution in [0.25, 0.3) is 11.1 Å². The van der Waals surface area contributed by atoms with Gasteiger partial charge in [0.2, 0.25) is 0 Å². The Kier molecular flexibility index (Phi) is 3.50. The van der Waals surface area contributed by atoms with Gasteiger partial charge < -0.3 is 5.32 Å². The van der Waals surface area contributed by atoms with Gasteiger partial charge in [0, 0.05) is 66.9 Å². The molecule has 2 aliphatic heterocycles. The van der Waals surface area contributed by atoms with Gasteiger partial charge in [-0.15, -0.1) is 0 Å². The second-order valence-corrected chi connectivity index (χ2v) is 8.02. The lowest BCUT2D eigenvalue weighted by atomic mass is 9.98. The number of amides is 1. The molecule has 6 rings (SSSR count). The molecule has 0 unspecified atom stereocenters. The number of aromatic nitrogens is 5. The number of carbonyl (C=O) groups is 1. The molecule has 0 spiro atoms. The van der Waals surface area contributed by atoms with Gasteiger partial charge in [0.15, 0.2) is 5.69 Å². The first-order valence-electron chi connectivity index (χ1n) is 10.1. The van der Waals surface area contributed by atoms with Crippen LogP contribution in [-0.2, 0) is 20.1 Å². The fraction of sp³-hybridized carbons (Fsp3) is 0.381. The number of carbonyl (C=O) groups excluding carboxylic acids is 1. The molecular formula is C21H21N7O. The van der Waals surface area contributed by atoms with Crippen LogP contribution in [0.15, 0.2) is 29.6 Å². The Hall–Kier alpha value is -3.29. The van der Waals surface area contributed by atoms with Gasteiger partial charge in [0.25, 0.3) is 5.91 Å². The van der Waals surface area contributed by atoms with Crippen LogP contribution in [0.4, 0.5) is 0 Å². The molecule has 1 saturated carbocycles. The average molecular weight is 387 g/mol. The van der Waals surface area contributed by atoms with Crippen molar-refractivity contribution < 1.29 is 4.79 Å². The van der Waals surface area contributed by atoms with E-state index in [0.29, 0.717) is 24.7 Å². The quantitative estimate of drug-likeness (QED) is 0.692. The summed E-state index contributed by atoms with van der Waals surface area (Å²) in [7, 11) is 1.83. The highest BCUT2D eigenvalue weighted by molar-refractivity contribution is 6.16. The van der Waals surface area contributed by atoms with Crippen molar-refractivity contribution in [1.29, 1.82) is 0 Å². The van der Waals surface area contributed by atoms with Gasteiger partial charge >= 0.3 is 0 Å². The second-order valence-electron chi connectivity index (χ2n) is 8.02. The molecule has 146 valence electrons. The van der Waals surface area contributed by atoms with Gasteiger partial charge in [-0.05, 0) is 25.3 Å². The maximum atomic E-state index is 12.8. The fourth-order valence-electron chi connectivity index (χ4n) is 4.23. The highest BCUT2D eigenvalue weighted by atomic mass is 16.1. The predicted molar refractivity (Wildman–Crippen MR) is 107 cm³/mol. The van der Waals surface area contributed by atoms with Crippen LogP contribution in [0, 0.1) is 0 Å². The van der Waals surface area contributed by atoms with Gasteiger partial charge in [-0.3, -0.25) is 24.1 Å². The summed E-state index contributed by atoms with van der Waals surface area (Å²) in [5, 5.41) is 12.3. The Labute approximate surface area is 167 Å². The van der Waals surface area contributed by atoms with Crippen molar-refractivity contribution in [3.05, 3.63) is 52.9 Å². The first kappa shape index (κ1) is 16.6. The van der Waals surface area contributed by atoms with Crippen LogP contribution in [0.3, 0.4) is 0 Å². The Balaban J connectivity index is 1.54. The van der Waals surface area contributed by atoms with Crippen LogP contribution in [0.1, 0.15) is 58.2 Å². The summed E-state index contributed by atoms with van der Waals surface area (Å²) in [6.07, 6.45) is 9.02. The molecule has 1 amide bonds. The Morgan fingerprint density at radius 2 is 2.03 bits per heavy atom. The zero-order valence-electron chi connectivity index (χ0n) is 16.2. The van der Waals surface area contributed by atoms with E-state index in [0.717, 1.165) is 52.3 Å². The second kappa shape index (κ2) is 6.10. The van der Waals surface area contributed by atoms with E-state index in [1.54, 1.807) is 4.68 Å². The van der Waals surface area contributed by atoms with Crippen molar-refractivity contribution in [2.75, 3.05) is 6.54 Å². The number of hydrogen-bond donors (Lipinski definition) is 1. The molecule has 0 atom stereocenters. The van der Waals surface area contributed by atoms with Crippen LogP contribution in [-0.4, -0.2) is 42.7 Å². The standard InChI is InChI=1S/C21H21N7O/c1-27-10-15-13-7-14-17(23-8-13)9-24-19(14)16-11-28(26-18(16)12-3-4-12)6-2-5-22-21(29)20(15)25-27/h7-8,10-12H,2-6,9H2,1H3,(H,22,29). The number of fused-ring (bicyclic) bond motifs is 6. The third-order valence-corrected chi connectivity index (χ3v) is 5.83. The summed E-state index contributed by atoms with van der Waals surface area (Å²) in [6, 6.07) is 2.10. The molecule has 0 saturated heterocycles. The number of nitrogens with zero attached hydrogens (tertiary/aromatic N) is 6. The van der Waals surface area contributed by atoms with Crippen molar-refractivity contribution in [2.45, 2.75) is 38.3 Å². The zero-order chi connectivity index (χ0) is 19.5. The lowest BCUT2D eigenvalue weighted by molar-refractivity contribution is 0.0947. The van der Waals surface area contributed by atoms with E-state index >= 15 is 0 Å². The van der Waals surface area contributed by atoms with Gasteiger partial charge in [-0.1, -0.05) is 0 Å². The van der Waals surface area contributed by atoms with Gasteiger partial charge in [0.05, 0.1) is 23.6 Å². The van der Waals surface area contributed by atoms with Gasteiger partial charge in [0.1, 0.15) is 0 Å². The predicted octanol–water partition coefficient (Wildman–Crippen LogP) is 2.04. The molecular weight excluding hydrogens is 366 g/mol. The monoisotopic (exact) mass is 387 g/mol. The van der Waals surface area contributed by atoms with Crippen molar-refractivity contribution in [3.63, 3.8) is 0 Å². The summed E-state index contributed by atoms with van der Waals surface area (Å²) in [5.41, 5.74) is 7.39. The van der Waals surface area contributed by atoms with Gasteiger partial charge in [-0.2, -0.15) is 10.2 Å². The molecule has 8 nitrogen and oxygen atoms in total. The average Bonchev–Trinajstić information content (AvgIpc) is 3.16. The maximum Gasteiger partial charge on any atom is 0.272 e. The number of rotatable bonds is 1. The number of aryl methyl sites for hydroxylation is 2. The number of pyridine rings is 1. The van der Waals surface area contributed by atoms with Crippen LogP contribution >= 0.6 is 0 Å². The van der Waals surface area contributed by atoms with Crippen LogP contribution in [0.2, 0.25) is 0 Å². The van der Waals surface area contributed by atoms with Crippen LogP contribution in [0.5, 0.6) is 0 Å². The normalized spacial score (nSPS) is 18.1. The molecule has 4 bridgehead atoms. The van der Waals surface area contributed by atoms with E-state index in [1.807, 2.05) is 24.1 Å². The molecule has 3 aromatic rings. The molecule has 1 aliphatic carbocycles. The molecule has 1 fully saturated rings. The molecule has 3 aromatic heterocycles. The third kappa shape index (κ3) is 2.70. The lowest BCUT2D eigenvalue weighted by Gasteiger charge is -2.08. The summed E-state index contributed by atoms with van der Waals surface area (Å²) < 4.78 is 3.68. The highest BCUT2D eigenvalue weighted by Gasteiger charge is 2.33.